The van der Waals surface area contributed by atoms with Gasteiger partial charge in [0.05, 0.1) is 24.9 Å². The van der Waals surface area contributed by atoms with Gasteiger partial charge in [0, 0.05) is 25.4 Å². The van der Waals surface area contributed by atoms with Crippen molar-refractivity contribution in [2.45, 2.75) is 26.8 Å². The lowest BCUT2D eigenvalue weighted by Crippen LogP contribution is -2.27. The number of hydrogen-bond donors (Lipinski definition) is 0. The standard InChI is InChI=1S/C14H19N3O2/c1-10-13(11(2)17(4)15-10)8-14(18)16(3)9-12-6-5-7-19-12/h5-7H,8-9H2,1-4H3. The second kappa shape index (κ2) is 5.30. The number of carbonyl (C=O) groups excluding carboxylic acids is 1. The summed E-state index contributed by atoms with van der Waals surface area (Å²) < 4.78 is 7.06. The van der Waals surface area contributed by atoms with Gasteiger partial charge in [0.1, 0.15) is 5.76 Å². The molecule has 0 aliphatic rings. The highest BCUT2D eigenvalue weighted by Gasteiger charge is 2.17. The van der Waals surface area contributed by atoms with E-state index in [-0.39, 0.29) is 5.91 Å². The summed E-state index contributed by atoms with van der Waals surface area (Å²) in [4.78, 5) is 13.9. The summed E-state index contributed by atoms with van der Waals surface area (Å²) in [5.41, 5.74) is 2.97. The summed E-state index contributed by atoms with van der Waals surface area (Å²) in [6, 6.07) is 3.69. The number of nitrogens with zero attached hydrogens (tertiary/aromatic N) is 3. The lowest BCUT2D eigenvalue weighted by Gasteiger charge is -2.15. The molecule has 5 nitrogen and oxygen atoms in total. The predicted molar refractivity (Wildman–Crippen MR) is 71.6 cm³/mol. The van der Waals surface area contributed by atoms with Gasteiger partial charge in [-0.05, 0) is 26.0 Å². The fourth-order valence-corrected chi connectivity index (χ4v) is 2.08. The molecule has 0 saturated heterocycles. The Balaban J connectivity index is 2.04. The van der Waals surface area contributed by atoms with Crippen molar-refractivity contribution < 1.29 is 9.21 Å². The van der Waals surface area contributed by atoms with Gasteiger partial charge in [-0.25, -0.2) is 0 Å². The fourth-order valence-electron chi connectivity index (χ4n) is 2.08. The third-order valence-electron chi connectivity index (χ3n) is 3.39. The Kier molecular flexibility index (Phi) is 3.74. The van der Waals surface area contributed by atoms with Gasteiger partial charge in [-0.15, -0.1) is 0 Å². The van der Waals surface area contributed by atoms with Crippen LogP contribution in [0.2, 0.25) is 0 Å². The molecule has 1 amide bonds. The molecule has 2 aromatic heterocycles. The largest absolute Gasteiger partial charge is 0.467 e. The first kappa shape index (κ1) is 13.4. The highest BCUT2D eigenvalue weighted by Crippen LogP contribution is 2.14. The van der Waals surface area contributed by atoms with Crippen molar-refractivity contribution >= 4 is 5.91 Å². The van der Waals surface area contributed by atoms with Crippen molar-refractivity contribution in [2.75, 3.05) is 7.05 Å². The summed E-state index contributed by atoms with van der Waals surface area (Å²) in [6.07, 6.45) is 1.99. The van der Waals surface area contributed by atoms with E-state index in [4.69, 9.17) is 4.42 Å². The average molecular weight is 261 g/mol. The van der Waals surface area contributed by atoms with Crippen LogP contribution in [0.5, 0.6) is 0 Å². The zero-order valence-corrected chi connectivity index (χ0v) is 11.8. The number of aryl methyl sites for hydroxylation is 2. The van der Waals surface area contributed by atoms with Gasteiger partial charge < -0.3 is 9.32 Å². The first-order valence-electron chi connectivity index (χ1n) is 6.24. The van der Waals surface area contributed by atoms with Crippen molar-refractivity contribution in [1.29, 1.82) is 0 Å². The highest BCUT2D eigenvalue weighted by molar-refractivity contribution is 5.79. The number of likely N-dealkylation sites (N-methyl/N-ethyl adjacent to an activating group) is 1. The Morgan fingerprint density at radius 3 is 2.74 bits per heavy atom. The molecule has 0 radical (unpaired) electrons. The van der Waals surface area contributed by atoms with E-state index in [9.17, 15) is 4.79 Å². The van der Waals surface area contributed by atoms with Crippen LogP contribution in [-0.4, -0.2) is 27.6 Å². The van der Waals surface area contributed by atoms with Crippen molar-refractivity contribution in [3.05, 3.63) is 41.1 Å². The van der Waals surface area contributed by atoms with Crippen LogP contribution < -0.4 is 0 Å². The molecule has 0 bridgehead atoms. The molecule has 0 unspecified atom stereocenters. The predicted octanol–water partition coefficient (Wildman–Crippen LogP) is 1.83. The van der Waals surface area contributed by atoms with Gasteiger partial charge in [-0.2, -0.15) is 5.10 Å². The van der Waals surface area contributed by atoms with E-state index in [2.05, 4.69) is 5.10 Å². The summed E-state index contributed by atoms with van der Waals surface area (Å²) in [6.45, 7) is 4.40. The number of aromatic nitrogens is 2. The molecule has 0 aliphatic carbocycles. The van der Waals surface area contributed by atoms with Crippen molar-refractivity contribution in [2.24, 2.45) is 7.05 Å². The second-order valence-corrected chi connectivity index (χ2v) is 4.78. The maximum absolute atomic E-state index is 12.2. The quantitative estimate of drug-likeness (QED) is 0.843. The number of carbonyl (C=O) groups is 1. The number of furan rings is 1. The molecule has 2 aromatic rings. The molecule has 0 spiro atoms. The number of amides is 1. The van der Waals surface area contributed by atoms with Gasteiger partial charge >= 0.3 is 0 Å². The van der Waals surface area contributed by atoms with Crippen LogP contribution in [-0.2, 0) is 24.8 Å². The SMILES string of the molecule is Cc1nn(C)c(C)c1CC(=O)N(C)Cc1ccco1. The summed E-state index contributed by atoms with van der Waals surface area (Å²) >= 11 is 0. The summed E-state index contributed by atoms with van der Waals surface area (Å²) in [5, 5.41) is 4.33. The van der Waals surface area contributed by atoms with E-state index in [1.165, 1.54) is 0 Å². The minimum atomic E-state index is 0.0654. The van der Waals surface area contributed by atoms with Crippen molar-refractivity contribution in [3.8, 4) is 0 Å². The van der Waals surface area contributed by atoms with Crippen molar-refractivity contribution in [3.63, 3.8) is 0 Å². The molecular formula is C14H19N3O2. The monoisotopic (exact) mass is 261 g/mol. The third kappa shape index (κ3) is 2.86. The van der Waals surface area contributed by atoms with Crippen LogP contribution in [0.25, 0.3) is 0 Å². The van der Waals surface area contributed by atoms with Crippen LogP contribution in [0.1, 0.15) is 22.7 Å². The normalized spacial score (nSPS) is 10.7. The maximum atomic E-state index is 12.2. The molecule has 0 fully saturated rings. The average Bonchev–Trinajstić information content (AvgIpc) is 2.94. The lowest BCUT2D eigenvalue weighted by atomic mass is 10.1. The zero-order chi connectivity index (χ0) is 14.0. The van der Waals surface area contributed by atoms with Gasteiger partial charge in [-0.3, -0.25) is 9.48 Å². The van der Waals surface area contributed by atoms with E-state index in [1.807, 2.05) is 37.7 Å². The van der Waals surface area contributed by atoms with Crippen LogP contribution in [0.4, 0.5) is 0 Å². The van der Waals surface area contributed by atoms with Crippen LogP contribution in [0.15, 0.2) is 22.8 Å². The van der Waals surface area contributed by atoms with E-state index in [1.54, 1.807) is 18.2 Å². The lowest BCUT2D eigenvalue weighted by molar-refractivity contribution is -0.129. The third-order valence-corrected chi connectivity index (χ3v) is 3.39. The molecule has 0 atom stereocenters. The molecular weight excluding hydrogens is 242 g/mol. The Bertz CT molecular complexity index is 570. The Morgan fingerprint density at radius 1 is 1.47 bits per heavy atom. The fraction of sp³-hybridized carbons (Fsp3) is 0.429. The smallest absolute Gasteiger partial charge is 0.227 e. The van der Waals surface area contributed by atoms with Crippen LogP contribution in [0.3, 0.4) is 0 Å². The number of hydrogen-bond acceptors (Lipinski definition) is 3. The molecule has 0 aromatic carbocycles. The van der Waals surface area contributed by atoms with Gasteiger partial charge in [0.2, 0.25) is 5.91 Å². The van der Waals surface area contributed by atoms with Gasteiger partial charge in [0.25, 0.3) is 0 Å². The highest BCUT2D eigenvalue weighted by atomic mass is 16.3. The summed E-state index contributed by atoms with van der Waals surface area (Å²) in [5.74, 6) is 0.853. The topological polar surface area (TPSA) is 51.3 Å². The zero-order valence-electron chi connectivity index (χ0n) is 11.8. The number of rotatable bonds is 4. The molecule has 2 heterocycles. The molecule has 19 heavy (non-hydrogen) atoms. The Morgan fingerprint density at radius 2 is 2.21 bits per heavy atom. The van der Waals surface area contributed by atoms with Crippen molar-refractivity contribution in [1.82, 2.24) is 14.7 Å². The van der Waals surface area contributed by atoms with E-state index < -0.39 is 0 Å². The maximum Gasteiger partial charge on any atom is 0.227 e. The molecule has 102 valence electrons. The molecule has 5 heteroatoms. The summed E-state index contributed by atoms with van der Waals surface area (Å²) in [7, 11) is 3.68. The Hall–Kier alpha value is -2.04. The van der Waals surface area contributed by atoms with Crippen LogP contribution >= 0.6 is 0 Å². The molecule has 0 saturated carbocycles. The minimum Gasteiger partial charge on any atom is -0.467 e. The first-order chi connectivity index (χ1) is 8.99. The second-order valence-electron chi connectivity index (χ2n) is 4.78. The van der Waals surface area contributed by atoms with Gasteiger partial charge in [0.15, 0.2) is 0 Å². The minimum absolute atomic E-state index is 0.0654. The van der Waals surface area contributed by atoms with E-state index in [0.29, 0.717) is 13.0 Å². The Labute approximate surface area is 112 Å². The molecule has 0 aliphatic heterocycles. The van der Waals surface area contributed by atoms with Crippen LogP contribution in [0, 0.1) is 13.8 Å². The first-order valence-corrected chi connectivity index (χ1v) is 6.24. The van der Waals surface area contributed by atoms with E-state index in [0.717, 1.165) is 22.7 Å². The van der Waals surface area contributed by atoms with Gasteiger partial charge in [-0.1, -0.05) is 0 Å². The van der Waals surface area contributed by atoms with E-state index >= 15 is 0 Å². The molecule has 0 N–H and O–H groups in total. The molecule has 2 rings (SSSR count).